The molecule has 0 unspecified atom stereocenters. The fraction of sp³-hybridized carbons (Fsp3) is 0.625. The van der Waals surface area contributed by atoms with Crippen LogP contribution in [-0.4, -0.2) is 4.98 Å². The van der Waals surface area contributed by atoms with E-state index >= 15 is 0 Å². The zero-order chi connectivity index (χ0) is 7.68. The molecule has 0 saturated heterocycles. The molecule has 11 heavy (non-hydrogen) atoms. The van der Waals surface area contributed by atoms with E-state index in [4.69, 9.17) is 11.6 Å². The lowest BCUT2D eigenvalue weighted by molar-refractivity contribution is 0.824. The first-order valence-corrected chi connectivity index (χ1v) is 5.23. The SMILES string of the molecule is ClCc1cnc(CC2CC2)s1. The highest BCUT2D eigenvalue weighted by molar-refractivity contribution is 7.11. The Morgan fingerprint density at radius 3 is 3.00 bits per heavy atom. The molecule has 0 aromatic carbocycles. The summed E-state index contributed by atoms with van der Waals surface area (Å²) >= 11 is 7.42. The topological polar surface area (TPSA) is 12.9 Å². The highest BCUT2D eigenvalue weighted by Crippen LogP contribution is 2.33. The van der Waals surface area contributed by atoms with Gasteiger partial charge in [-0.1, -0.05) is 0 Å². The number of nitrogens with zero attached hydrogens (tertiary/aromatic N) is 1. The molecule has 1 heterocycles. The fourth-order valence-electron chi connectivity index (χ4n) is 1.07. The Morgan fingerprint density at radius 1 is 1.64 bits per heavy atom. The number of thiazole rings is 1. The van der Waals surface area contributed by atoms with E-state index in [1.54, 1.807) is 11.3 Å². The van der Waals surface area contributed by atoms with Crippen LogP contribution in [0.5, 0.6) is 0 Å². The third kappa shape index (κ3) is 1.94. The molecule has 0 aliphatic heterocycles. The summed E-state index contributed by atoms with van der Waals surface area (Å²) in [5.74, 6) is 1.55. The predicted molar refractivity (Wildman–Crippen MR) is 48.1 cm³/mol. The number of hydrogen-bond acceptors (Lipinski definition) is 2. The third-order valence-corrected chi connectivity index (χ3v) is 3.36. The van der Waals surface area contributed by atoms with Gasteiger partial charge in [0.2, 0.25) is 0 Å². The van der Waals surface area contributed by atoms with Gasteiger partial charge in [0.15, 0.2) is 0 Å². The van der Waals surface area contributed by atoms with Gasteiger partial charge >= 0.3 is 0 Å². The molecule has 0 atom stereocenters. The monoisotopic (exact) mass is 187 g/mol. The van der Waals surface area contributed by atoms with Crippen LogP contribution in [0.1, 0.15) is 22.7 Å². The lowest BCUT2D eigenvalue weighted by atomic mass is 10.3. The Balaban J connectivity index is 1.99. The van der Waals surface area contributed by atoms with Crippen LogP contribution in [0.3, 0.4) is 0 Å². The summed E-state index contributed by atoms with van der Waals surface area (Å²) in [5.41, 5.74) is 0. The van der Waals surface area contributed by atoms with Gasteiger partial charge < -0.3 is 0 Å². The second-order valence-corrected chi connectivity index (χ2v) is 4.47. The molecule has 0 N–H and O–H groups in total. The normalized spacial score (nSPS) is 17.2. The standard InChI is InChI=1S/C8H10ClNS/c9-4-7-5-10-8(11-7)3-6-1-2-6/h5-6H,1-4H2. The minimum Gasteiger partial charge on any atom is -0.249 e. The second kappa shape index (κ2) is 3.11. The molecule has 1 aliphatic carbocycles. The molecule has 0 spiro atoms. The van der Waals surface area contributed by atoms with Crippen LogP contribution in [0.2, 0.25) is 0 Å². The first-order valence-electron chi connectivity index (χ1n) is 3.88. The van der Waals surface area contributed by atoms with Crippen LogP contribution in [-0.2, 0) is 12.3 Å². The van der Waals surface area contributed by atoms with Crippen LogP contribution < -0.4 is 0 Å². The molecule has 1 nitrogen and oxygen atoms in total. The van der Waals surface area contributed by atoms with E-state index in [2.05, 4.69) is 4.98 Å². The Hall–Kier alpha value is -0.0800. The average molecular weight is 188 g/mol. The smallest absolute Gasteiger partial charge is 0.0930 e. The Morgan fingerprint density at radius 2 is 2.45 bits per heavy atom. The van der Waals surface area contributed by atoms with Gasteiger partial charge in [-0.05, 0) is 18.8 Å². The number of aromatic nitrogens is 1. The molecule has 2 rings (SSSR count). The Labute approximate surface area is 75.4 Å². The molecular formula is C8H10ClNS. The van der Waals surface area contributed by atoms with Gasteiger partial charge in [0.25, 0.3) is 0 Å². The van der Waals surface area contributed by atoms with Gasteiger partial charge in [-0.25, -0.2) is 4.98 Å². The van der Waals surface area contributed by atoms with E-state index < -0.39 is 0 Å². The zero-order valence-electron chi connectivity index (χ0n) is 6.22. The van der Waals surface area contributed by atoms with Crippen molar-refractivity contribution in [3.8, 4) is 0 Å². The molecule has 1 aromatic rings. The minimum atomic E-state index is 0.613. The van der Waals surface area contributed by atoms with Crippen molar-refractivity contribution in [2.45, 2.75) is 25.1 Å². The number of halogens is 1. The summed E-state index contributed by atoms with van der Waals surface area (Å²) < 4.78 is 0. The summed E-state index contributed by atoms with van der Waals surface area (Å²) in [4.78, 5) is 5.50. The van der Waals surface area contributed by atoms with E-state index in [1.165, 1.54) is 29.1 Å². The van der Waals surface area contributed by atoms with Gasteiger partial charge in [-0.2, -0.15) is 0 Å². The quantitative estimate of drug-likeness (QED) is 0.664. The molecule has 1 aromatic heterocycles. The van der Waals surface area contributed by atoms with Gasteiger partial charge in [-0.3, -0.25) is 0 Å². The number of rotatable bonds is 3. The third-order valence-electron chi connectivity index (χ3n) is 1.89. The van der Waals surface area contributed by atoms with E-state index in [0.717, 1.165) is 5.92 Å². The Kier molecular flexibility index (Phi) is 2.14. The summed E-state index contributed by atoms with van der Waals surface area (Å²) in [7, 11) is 0. The molecule has 0 bridgehead atoms. The molecule has 1 aliphatic rings. The molecule has 1 saturated carbocycles. The maximum absolute atomic E-state index is 5.66. The van der Waals surface area contributed by atoms with E-state index in [-0.39, 0.29) is 0 Å². The van der Waals surface area contributed by atoms with Crippen molar-refractivity contribution < 1.29 is 0 Å². The summed E-state index contributed by atoms with van der Waals surface area (Å²) in [6, 6.07) is 0. The van der Waals surface area contributed by atoms with Crippen molar-refractivity contribution in [1.29, 1.82) is 0 Å². The van der Waals surface area contributed by atoms with Crippen molar-refractivity contribution in [1.82, 2.24) is 4.98 Å². The highest BCUT2D eigenvalue weighted by atomic mass is 35.5. The summed E-state index contributed by atoms with van der Waals surface area (Å²) in [6.07, 6.45) is 5.88. The van der Waals surface area contributed by atoms with Gasteiger partial charge in [0.1, 0.15) is 0 Å². The average Bonchev–Trinajstić information content (AvgIpc) is 2.68. The van der Waals surface area contributed by atoms with E-state index in [1.807, 2.05) is 6.20 Å². The molecule has 60 valence electrons. The lowest BCUT2D eigenvalue weighted by Crippen LogP contribution is -1.82. The summed E-state index contributed by atoms with van der Waals surface area (Å²) in [5, 5.41) is 1.27. The molecule has 0 radical (unpaired) electrons. The Bertz CT molecular complexity index is 242. The van der Waals surface area contributed by atoms with E-state index in [0.29, 0.717) is 5.88 Å². The predicted octanol–water partition coefficient (Wildman–Crippen LogP) is 2.83. The van der Waals surface area contributed by atoms with Crippen molar-refractivity contribution in [3.63, 3.8) is 0 Å². The van der Waals surface area contributed by atoms with E-state index in [9.17, 15) is 0 Å². The van der Waals surface area contributed by atoms with Crippen LogP contribution in [0.15, 0.2) is 6.20 Å². The van der Waals surface area contributed by atoms with Crippen LogP contribution >= 0.6 is 22.9 Å². The highest BCUT2D eigenvalue weighted by Gasteiger charge is 2.22. The van der Waals surface area contributed by atoms with Crippen molar-refractivity contribution >= 4 is 22.9 Å². The second-order valence-electron chi connectivity index (χ2n) is 3.00. The first kappa shape index (κ1) is 7.56. The lowest BCUT2D eigenvalue weighted by Gasteiger charge is -1.88. The number of alkyl halides is 1. The number of hydrogen-bond donors (Lipinski definition) is 0. The maximum Gasteiger partial charge on any atom is 0.0930 e. The van der Waals surface area contributed by atoms with Crippen LogP contribution in [0, 0.1) is 5.92 Å². The van der Waals surface area contributed by atoms with Crippen molar-refractivity contribution in [2.24, 2.45) is 5.92 Å². The maximum atomic E-state index is 5.66. The summed E-state index contributed by atoms with van der Waals surface area (Å²) in [6.45, 7) is 0. The van der Waals surface area contributed by atoms with Gasteiger partial charge in [0.05, 0.1) is 10.9 Å². The largest absolute Gasteiger partial charge is 0.249 e. The van der Waals surface area contributed by atoms with Gasteiger partial charge in [0, 0.05) is 17.5 Å². The fourth-order valence-corrected chi connectivity index (χ4v) is 2.19. The molecule has 0 amide bonds. The minimum absolute atomic E-state index is 0.613. The van der Waals surface area contributed by atoms with Crippen LogP contribution in [0.4, 0.5) is 0 Å². The zero-order valence-corrected chi connectivity index (χ0v) is 7.79. The molecule has 3 heteroatoms. The molecule has 1 fully saturated rings. The van der Waals surface area contributed by atoms with Crippen LogP contribution in [0.25, 0.3) is 0 Å². The molecular weight excluding hydrogens is 178 g/mol. The van der Waals surface area contributed by atoms with Crippen molar-refractivity contribution in [3.05, 3.63) is 16.1 Å². The first-order chi connectivity index (χ1) is 5.38. The van der Waals surface area contributed by atoms with Crippen molar-refractivity contribution in [2.75, 3.05) is 0 Å². The van der Waals surface area contributed by atoms with Gasteiger partial charge in [-0.15, -0.1) is 22.9 Å².